The van der Waals surface area contributed by atoms with Gasteiger partial charge in [0.1, 0.15) is 6.04 Å². The van der Waals surface area contributed by atoms with Gasteiger partial charge in [0.15, 0.2) is 0 Å². The lowest BCUT2D eigenvalue weighted by molar-refractivity contribution is -0.145. The zero-order chi connectivity index (χ0) is 14.3. The van der Waals surface area contributed by atoms with Crippen molar-refractivity contribution in [2.24, 2.45) is 11.8 Å². The van der Waals surface area contributed by atoms with Gasteiger partial charge in [-0.15, -0.1) is 0 Å². The molecule has 1 aliphatic carbocycles. The third-order valence-corrected chi connectivity index (χ3v) is 3.73. The lowest BCUT2D eigenvalue weighted by atomic mass is 9.87. The summed E-state index contributed by atoms with van der Waals surface area (Å²) >= 11 is 0. The first-order valence-corrected chi connectivity index (χ1v) is 7.40. The first-order valence-electron chi connectivity index (χ1n) is 7.40. The Kier molecular flexibility index (Phi) is 6.89. The molecule has 0 spiro atoms. The van der Waals surface area contributed by atoms with Gasteiger partial charge >= 0.3 is 5.97 Å². The molecular weight excluding hydrogens is 242 g/mol. The highest BCUT2D eigenvalue weighted by Crippen LogP contribution is 2.26. The minimum atomic E-state index is -0.499. The molecule has 0 radical (unpaired) electrons. The second kappa shape index (κ2) is 8.18. The molecule has 4 nitrogen and oxygen atoms in total. The molecule has 0 bridgehead atoms. The van der Waals surface area contributed by atoms with Crippen LogP contribution in [0.15, 0.2) is 0 Å². The Bertz CT molecular complexity index is 296. The van der Waals surface area contributed by atoms with Gasteiger partial charge in [0.25, 0.3) is 0 Å². The van der Waals surface area contributed by atoms with Crippen molar-refractivity contribution in [1.29, 1.82) is 0 Å². The molecule has 0 aromatic heterocycles. The summed E-state index contributed by atoms with van der Waals surface area (Å²) in [5.74, 6) is 0.485. The predicted molar refractivity (Wildman–Crippen MR) is 74.6 cm³/mol. The van der Waals surface area contributed by atoms with Gasteiger partial charge in [0.05, 0.1) is 7.11 Å². The van der Waals surface area contributed by atoms with Gasteiger partial charge in [0.2, 0.25) is 5.91 Å². The van der Waals surface area contributed by atoms with Gasteiger partial charge in [-0.1, -0.05) is 33.1 Å². The normalized spacial score (nSPS) is 18.1. The maximum Gasteiger partial charge on any atom is 0.328 e. The monoisotopic (exact) mass is 269 g/mol. The molecule has 1 atom stereocenters. The maximum absolute atomic E-state index is 12.0. The second-order valence-electron chi connectivity index (χ2n) is 5.98. The first-order chi connectivity index (χ1) is 9.02. The van der Waals surface area contributed by atoms with E-state index in [9.17, 15) is 9.59 Å². The van der Waals surface area contributed by atoms with Crippen molar-refractivity contribution in [2.45, 2.75) is 64.8 Å². The molecule has 1 rings (SSSR count). The van der Waals surface area contributed by atoms with Gasteiger partial charge in [-0.05, 0) is 31.1 Å². The number of ether oxygens (including phenoxy) is 1. The molecule has 1 aliphatic rings. The molecule has 1 amide bonds. The van der Waals surface area contributed by atoms with Gasteiger partial charge in [-0.2, -0.15) is 0 Å². The molecule has 110 valence electrons. The summed E-state index contributed by atoms with van der Waals surface area (Å²) in [5, 5.41) is 2.83. The van der Waals surface area contributed by atoms with Gasteiger partial charge in [-0.25, -0.2) is 4.79 Å². The summed E-state index contributed by atoms with van der Waals surface area (Å²) in [7, 11) is 1.36. The molecular formula is C15H27NO3. The number of hydrogen-bond acceptors (Lipinski definition) is 3. The van der Waals surface area contributed by atoms with E-state index in [2.05, 4.69) is 5.32 Å². The average Bonchev–Trinajstić information content (AvgIpc) is 2.37. The van der Waals surface area contributed by atoms with Crippen LogP contribution in [0, 0.1) is 11.8 Å². The highest BCUT2D eigenvalue weighted by atomic mass is 16.5. The number of methoxy groups -OCH3 is 1. The number of rotatable bonds is 6. The summed E-state index contributed by atoms with van der Waals surface area (Å²) in [5.41, 5.74) is 0. The van der Waals surface area contributed by atoms with Crippen LogP contribution in [0.3, 0.4) is 0 Å². The Morgan fingerprint density at radius 3 is 2.37 bits per heavy atom. The average molecular weight is 269 g/mol. The second-order valence-corrected chi connectivity index (χ2v) is 5.98. The molecule has 0 aromatic carbocycles. The number of hydrogen-bond donors (Lipinski definition) is 1. The number of esters is 1. The standard InChI is InChI=1S/C15H27NO3/c1-11(2)9-13(15(18)19-3)16-14(17)10-12-7-5-4-6-8-12/h11-13H,4-10H2,1-3H3,(H,16,17). The van der Waals surface area contributed by atoms with Crippen LogP contribution < -0.4 is 5.32 Å². The fraction of sp³-hybridized carbons (Fsp3) is 0.867. The largest absolute Gasteiger partial charge is 0.467 e. The Balaban J connectivity index is 2.43. The number of nitrogens with one attached hydrogen (secondary N) is 1. The van der Waals surface area contributed by atoms with Crippen molar-refractivity contribution in [3.63, 3.8) is 0 Å². The summed E-state index contributed by atoms with van der Waals surface area (Å²) in [6.07, 6.45) is 7.20. The number of amides is 1. The summed E-state index contributed by atoms with van der Waals surface area (Å²) < 4.78 is 4.75. The third-order valence-electron chi connectivity index (χ3n) is 3.73. The van der Waals surface area contributed by atoms with Gasteiger partial charge in [-0.3, -0.25) is 4.79 Å². The van der Waals surface area contributed by atoms with Crippen molar-refractivity contribution in [1.82, 2.24) is 5.32 Å². The van der Waals surface area contributed by atoms with Crippen molar-refractivity contribution < 1.29 is 14.3 Å². The quantitative estimate of drug-likeness (QED) is 0.754. The smallest absolute Gasteiger partial charge is 0.328 e. The summed E-state index contributed by atoms with van der Waals surface area (Å²) in [6.45, 7) is 4.06. The zero-order valence-corrected chi connectivity index (χ0v) is 12.4. The van der Waals surface area contributed by atoms with Crippen molar-refractivity contribution in [3.8, 4) is 0 Å². The molecule has 4 heteroatoms. The molecule has 0 heterocycles. The van der Waals surface area contributed by atoms with E-state index in [0.717, 1.165) is 12.8 Å². The van der Waals surface area contributed by atoms with Crippen LogP contribution in [0.25, 0.3) is 0 Å². The number of carbonyl (C=O) groups excluding carboxylic acids is 2. The highest BCUT2D eigenvalue weighted by molar-refractivity contribution is 5.84. The Labute approximate surface area is 116 Å². The molecule has 1 saturated carbocycles. The van der Waals surface area contributed by atoms with E-state index in [1.807, 2.05) is 13.8 Å². The van der Waals surface area contributed by atoms with E-state index in [-0.39, 0.29) is 11.9 Å². The lowest BCUT2D eigenvalue weighted by Crippen LogP contribution is -2.43. The molecule has 1 N–H and O–H groups in total. The molecule has 1 unspecified atom stereocenters. The van der Waals surface area contributed by atoms with E-state index in [4.69, 9.17) is 4.74 Å². The molecule has 0 aliphatic heterocycles. The lowest BCUT2D eigenvalue weighted by Gasteiger charge is -2.23. The van der Waals surface area contributed by atoms with Crippen LogP contribution in [0.1, 0.15) is 58.8 Å². The summed E-state index contributed by atoms with van der Waals surface area (Å²) in [6, 6.07) is -0.499. The highest BCUT2D eigenvalue weighted by Gasteiger charge is 2.24. The van der Waals surface area contributed by atoms with Crippen LogP contribution in [0.4, 0.5) is 0 Å². The van der Waals surface area contributed by atoms with Crippen LogP contribution in [-0.2, 0) is 14.3 Å². The van der Waals surface area contributed by atoms with Crippen molar-refractivity contribution >= 4 is 11.9 Å². The van der Waals surface area contributed by atoms with Crippen LogP contribution in [-0.4, -0.2) is 25.0 Å². The molecule has 19 heavy (non-hydrogen) atoms. The van der Waals surface area contributed by atoms with Gasteiger partial charge < -0.3 is 10.1 Å². The molecule has 0 saturated heterocycles. The van der Waals surface area contributed by atoms with E-state index in [1.165, 1.54) is 26.4 Å². The summed E-state index contributed by atoms with van der Waals surface area (Å²) in [4.78, 5) is 23.6. The van der Waals surface area contributed by atoms with E-state index < -0.39 is 6.04 Å². The Morgan fingerprint density at radius 2 is 1.84 bits per heavy atom. The fourth-order valence-electron chi connectivity index (χ4n) is 2.73. The SMILES string of the molecule is COC(=O)C(CC(C)C)NC(=O)CC1CCCCC1. The fourth-order valence-corrected chi connectivity index (χ4v) is 2.73. The maximum atomic E-state index is 12.0. The van der Waals surface area contributed by atoms with E-state index in [0.29, 0.717) is 24.7 Å². The minimum absolute atomic E-state index is 0.0112. The van der Waals surface area contributed by atoms with Crippen LogP contribution >= 0.6 is 0 Å². The Morgan fingerprint density at radius 1 is 1.21 bits per heavy atom. The van der Waals surface area contributed by atoms with Crippen molar-refractivity contribution in [3.05, 3.63) is 0 Å². The van der Waals surface area contributed by atoms with Gasteiger partial charge in [0, 0.05) is 6.42 Å². The predicted octanol–water partition coefficient (Wildman–Crippen LogP) is 2.66. The van der Waals surface area contributed by atoms with Crippen LogP contribution in [0.5, 0.6) is 0 Å². The van der Waals surface area contributed by atoms with Crippen molar-refractivity contribution in [2.75, 3.05) is 7.11 Å². The van der Waals surface area contributed by atoms with Crippen LogP contribution in [0.2, 0.25) is 0 Å². The van der Waals surface area contributed by atoms with E-state index >= 15 is 0 Å². The van der Waals surface area contributed by atoms with E-state index in [1.54, 1.807) is 0 Å². The first kappa shape index (κ1) is 16.0. The third kappa shape index (κ3) is 6.08. The minimum Gasteiger partial charge on any atom is -0.467 e. The molecule has 1 fully saturated rings. The Hall–Kier alpha value is -1.06. The molecule has 0 aromatic rings. The number of carbonyl (C=O) groups is 2. The zero-order valence-electron chi connectivity index (χ0n) is 12.4. The topological polar surface area (TPSA) is 55.4 Å².